The van der Waals surface area contributed by atoms with Crippen LogP contribution in [-0.4, -0.2) is 34.8 Å². The molecule has 1 heterocycles. The Bertz CT molecular complexity index is 1210. The van der Waals surface area contributed by atoms with Crippen LogP contribution in [0.1, 0.15) is 72.4 Å². The molecule has 1 fully saturated rings. The fraction of sp³-hybridized carbons (Fsp3) is 0.375. The molecule has 3 aromatic carbocycles. The molecule has 4 nitrogen and oxygen atoms in total. The number of halogens is 2. The van der Waals surface area contributed by atoms with Gasteiger partial charge in [0.2, 0.25) is 5.91 Å². The van der Waals surface area contributed by atoms with Gasteiger partial charge in [0.15, 0.2) is 0 Å². The SMILES string of the molecule is CC(O)c1cc(Cl)c(CC(=O)N2CCC(c3ccc(CC(=O)CCCc4ccccc4)cc3)CC2)c(Cl)c1. The van der Waals surface area contributed by atoms with Crippen LogP contribution in [0.15, 0.2) is 66.7 Å². The molecule has 38 heavy (non-hydrogen) atoms. The highest BCUT2D eigenvalue weighted by molar-refractivity contribution is 6.36. The monoisotopic (exact) mass is 551 g/mol. The zero-order valence-electron chi connectivity index (χ0n) is 21.8. The number of nitrogens with zero attached hydrogens (tertiary/aromatic N) is 1. The summed E-state index contributed by atoms with van der Waals surface area (Å²) in [6.45, 7) is 3.02. The maximum atomic E-state index is 13.0. The summed E-state index contributed by atoms with van der Waals surface area (Å²) in [5.41, 5.74) is 4.83. The number of hydrogen-bond donors (Lipinski definition) is 1. The van der Waals surface area contributed by atoms with E-state index in [0.717, 1.165) is 31.2 Å². The zero-order chi connectivity index (χ0) is 27.1. The standard InChI is InChI=1S/C32H35Cl2NO3/c1-22(36)27-19-30(33)29(31(34)20-27)21-32(38)35-16-14-26(15-17-35)25-12-10-24(11-13-25)18-28(37)9-5-8-23-6-3-2-4-7-23/h2-4,6-7,10-13,19-20,22,26,36H,5,8-9,14-18,21H2,1H3. The van der Waals surface area contributed by atoms with Gasteiger partial charge in [-0.2, -0.15) is 0 Å². The number of benzene rings is 3. The Morgan fingerprint density at radius 3 is 2.16 bits per heavy atom. The van der Waals surface area contributed by atoms with Crippen molar-refractivity contribution in [1.82, 2.24) is 4.90 Å². The van der Waals surface area contributed by atoms with Gasteiger partial charge in [-0.05, 0) is 78.5 Å². The number of aryl methyl sites for hydroxylation is 1. The van der Waals surface area contributed by atoms with Gasteiger partial charge < -0.3 is 10.0 Å². The molecule has 6 heteroatoms. The van der Waals surface area contributed by atoms with Gasteiger partial charge in [-0.25, -0.2) is 0 Å². The molecule has 0 spiro atoms. The zero-order valence-corrected chi connectivity index (χ0v) is 23.3. The van der Waals surface area contributed by atoms with E-state index in [4.69, 9.17) is 23.2 Å². The molecule has 0 aliphatic carbocycles. The van der Waals surface area contributed by atoms with Crippen LogP contribution >= 0.6 is 23.2 Å². The summed E-state index contributed by atoms with van der Waals surface area (Å²) < 4.78 is 0. The second kappa shape index (κ2) is 13.4. The Morgan fingerprint density at radius 1 is 0.921 bits per heavy atom. The first-order valence-electron chi connectivity index (χ1n) is 13.4. The molecule has 0 aromatic heterocycles. The maximum Gasteiger partial charge on any atom is 0.227 e. The summed E-state index contributed by atoms with van der Waals surface area (Å²) in [6, 6.07) is 22.1. The molecular formula is C32H35Cl2NO3. The van der Waals surface area contributed by atoms with Gasteiger partial charge in [-0.1, -0.05) is 77.8 Å². The molecule has 1 aliphatic heterocycles. The lowest BCUT2D eigenvalue weighted by atomic mass is 9.88. The highest BCUT2D eigenvalue weighted by Crippen LogP contribution is 2.32. The molecule has 1 unspecified atom stereocenters. The predicted octanol–water partition coefficient (Wildman–Crippen LogP) is 7.13. The van der Waals surface area contributed by atoms with Crippen molar-refractivity contribution in [2.24, 2.45) is 0 Å². The van der Waals surface area contributed by atoms with Crippen LogP contribution in [0.2, 0.25) is 10.0 Å². The second-order valence-corrected chi connectivity index (χ2v) is 11.1. The smallest absolute Gasteiger partial charge is 0.227 e. The van der Waals surface area contributed by atoms with Gasteiger partial charge in [0.05, 0.1) is 12.5 Å². The summed E-state index contributed by atoms with van der Waals surface area (Å²) in [4.78, 5) is 27.3. The Labute approximate surface area is 235 Å². The topological polar surface area (TPSA) is 57.6 Å². The molecule has 4 rings (SSSR count). The van der Waals surface area contributed by atoms with Gasteiger partial charge in [0.25, 0.3) is 0 Å². The van der Waals surface area contributed by atoms with Crippen LogP contribution in [0.5, 0.6) is 0 Å². The minimum atomic E-state index is -0.673. The van der Waals surface area contributed by atoms with Crippen LogP contribution in [-0.2, 0) is 28.9 Å². The first-order chi connectivity index (χ1) is 18.3. The van der Waals surface area contributed by atoms with Gasteiger partial charge in [-0.3, -0.25) is 9.59 Å². The quantitative estimate of drug-likeness (QED) is 0.291. The van der Waals surface area contributed by atoms with Crippen molar-refractivity contribution in [3.63, 3.8) is 0 Å². The van der Waals surface area contributed by atoms with Crippen molar-refractivity contribution >= 4 is 34.9 Å². The molecule has 1 N–H and O–H groups in total. The van der Waals surface area contributed by atoms with Crippen molar-refractivity contribution in [1.29, 1.82) is 0 Å². The van der Waals surface area contributed by atoms with Gasteiger partial charge >= 0.3 is 0 Å². The van der Waals surface area contributed by atoms with Crippen molar-refractivity contribution in [2.45, 2.75) is 63.9 Å². The minimum absolute atomic E-state index is 0.0122. The summed E-state index contributed by atoms with van der Waals surface area (Å²) in [5, 5.41) is 10.6. The molecule has 3 aromatic rings. The van der Waals surface area contributed by atoms with E-state index in [0.29, 0.717) is 53.0 Å². The Hall–Kier alpha value is -2.66. The summed E-state index contributed by atoms with van der Waals surface area (Å²) in [6.07, 6.45) is 4.16. The van der Waals surface area contributed by atoms with Crippen LogP contribution in [0, 0.1) is 0 Å². The number of hydrogen-bond acceptors (Lipinski definition) is 3. The number of aliphatic hydroxyl groups excluding tert-OH is 1. The fourth-order valence-corrected chi connectivity index (χ4v) is 5.75. The van der Waals surface area contributed by atoms with Crippen LogP contribution < -0.4 is 0 Å². The lowest BCUT2D eigenvalue weighted by Crippen LogP contribution is -2.38. The lowest BCUT2D eigenvalue weighted by molar-refractivity contribution is -0.131. The number of amides is 1. The number of piperidine rings is 1. The van der Waals surface area contributed by atoms with Crippen LogP contribution in [0.25, 0.3) is 0 Å². The van der Waals surface area contributed by atoms with Gasteiger partial charge in [0.1, 0.15) is 5.78 Å². The molecule has 1 aliphatic rings. The molecule has 1 amide bonds. The molecular weight excluding hydrogens is 517 g/mol. The number of ketones is 1. The Balaban J connectivity index is 1.23. The minimum Gasteiger partial charge on any atom is -0.389 e. The predicted molar refractivity (Wildman–Crippen MR) is 154 cm³/mol. The van der Waals surface area contributed by atoms with E-state index in [-0.39, 0.29) is 18.1 Å². The van der Waals surface area contributed by atoms with E-state index in [9.17, 15) is 14.7 Å². The summed E-state index contributed by atoms with van der Waals surface area (Å²) >= 11 is 12.7. The second-order valence-electron chi connectivity index (χ2n) is 10.3. The number of carbonyl (C=O) groups is 2. The first-order valence-corrected chi connectivity index (χ1v) is 14.1. The van der Waals surface area contributed by atoms with Gasteiger partial charge in [-0.15, -0.1) is 0 Å². The van der Waals surface area contributed by atoms with Gasteiger partial charge in [0, 0.05) is 36.0 Å². The molecule has 1 atom stereocenters. The third kappa shape index (κ3) is 7.69. The summed E-state index contributed by atoms with van der Waals surface area (Å²) in [7, 11) is 0. The Kier molecular flexibility index (Phi) is 10.0. The molecule has 1 saturated heterocycles. The number of likely N-dealkylation sites (tertiary alicyclic amines) is 1. The van der Waals surface area contributed by atoms with E-state index in [1.807, 2.05) is 23.1 Å². The average Bonchev–Trinajstić information content (AvgIpc) is 2.91. The molecule has 0 saturated carbocycles. The number of aliphatic hydroxyl groups is 1. The molecule has 0 bridgehead atoms. The molecule has 200 valence electrons. The normalized spacial score (nSPS) is 14.9. The summed E-state index contributed by atoms with van der Waals surface area (Å²) in [5.74, 6) is 0.687. The average molecular weight is 553 g/mol. The van der Waals surface area contributed by atoms with E-state index in [1.54, 1.807) is 19.1 Å². The highest BCUT2D eigenvalue weighted by atomic mass is 35.5. The van der Waals surface area contributed by atoms with E-state index in [2.05, 4.69) is 36.4 Å². The fourth-order valence-electron chi connectivity index (χ4n) is 5.12. The van der Waals surface area contributed by atoms with Crippen molar-refractivity contribution in [3.05, 3.63) is 105 Å². The number of Topliss-reactive ketones (excluding diaryl/α,β-unsaturated/α-hetero) is 1. The highest BCUT2D eigenvalue weighted by Gasteiger charge is 2.25. The van der Waals surface area contributed by atoms with Crippen molar-refractivity contribution < 1.29 is 14.7 Å². The van der Waals surface area contributed by atoms with Crippen LogP contribution in [0.4, 0.5) is 0 Å². The van der Waals surface area contributed by atoms with E-state index >= 15 is 0 Å². The van der Waals surface area contributed by atoms with E-state index < -0.39 is 6.10 Å². The largest absolute Gasteiger partial charge is 0.389 e. The van der Waals surface area contributed by atoms with Crippen molar-refractivity contribution in [2.75, 3.05) is 13.1 Å². The number of carbonyl (C=O) groups excluding carboxylic acids is 2. The maximum absolute atomic E-state index is 13.0. The number of rotatable bonds is 10. The third-order valence-electron chi connectivity index (χ3n) is 7.44. The first kappa shape index (κ1) is 28.4. The van der Waals surface area contributed by atoms with E-state index in [1.165, 1.54) is 11.1 Å². The van der Waals surface area contributed by atoms with Crippen LogP contribution in [0.3, 0.4) is 0 Å². The van der Waals surface area contributed by atoms with Crippen molar-refractivity contribution in [3.8, 4) is 0 Å². The lowest BCUT2D eigenvalue weighted by Gasteiger charge is -2.32. The third-order valence-corrected chi connectivity index (χ3v) is 8.11. The molecule has 0 radical (unpaired) electrons. The Morgan fingerprint density at radius 2 is 1.55 bits per heavy atom.